The lowest BCUT2D eigenvalue weighted by Gasteiger charge is -2.14. The Bertz CT molecular complexity index is 565. The Morgan fingerprint density at radius 3 is 2.76 bits per heavy atom. The van der Waals surface area contributed by atoms with E-state index in [9.17, 15) is 4.79 Å². The summed E-state index contributed by atoms with van der Waals surface area (Å²) in [5.74, 6) is 1.19. The topological polar surface area (TPSA) is 60.7 Å². The quantitative estimate of drug-likeness (QED) is 0.850. The first-order valence-electron chi connectivity index (χ1n) is 6.72. The van der Waals surface area contributed by atoms with Gasteiger partial charge >= 0.3 is 0 Å². The van der Waals surface area contributed by atoms with E-state index in [1.165, 1.54) is 0 Å². The molecule has 0 bridgehead atoms. The van der Waals surface area contributed by atoms with Crippen molar-refractivity contribution in [1.29, 1.82) is 0 Å². The van der Waals surface area contributed by atoms with Gasteiger partial charge in [-0.05, 0) is 30.7 Å². The number of furan rings is 1. The van der Waals surface area contributed by atoms with E-state index < -0.39 is 0 Å². The van der Waals surface area contributed by atoms with Crippen molar-refractivity contribution in [3.63, 3.8) is 0 Å². The first kappa shape index (κ1) is 15.1. The second-order valence-corrected chi connectivity index (χ2v) is 4.60. The van der Waals surface area contributed by atoms with Crippen molar-refractivity contribution in [3.05, 3.63) is 54.0 Å². The minimum atomic E-state index is -0.303. The highest BCUT2D eigenvalue weighted by Crippen LogP contribution is 2.17. The van der Waals surface area contributed by atoms with Gasteiger partial charge in [0.2, 0.25) is 0 Å². The molecule has 1 amide bonds. The number of methoxy groups -OCH3 is 1. The largest absolute Gasteiger partial charge is 0.484 e. The molecular formula is C16H19NO4. The number of hydrogen-bond donors (Lipinski definition) is 1. The Balaban J connectivity index is 1.78. The molecule has 1 unspecified atom stereocenters. The van der Waals surface area contributed by atoms with E-state index in [1.807, 2.05) is 37.3 Å². The number of amides is 1. The maximum absolute atomic E-state index is 11.8. The van der Waals surface area contributed by atoms with Gasteiger partial charge in [0, 0.05) is 7.11 Å². The molecule has 5 nitrogen and oxygen atoms in total. The first-order valence-corrected chi connectivity index (χ1v) is 6.72. The number of rotatable bonds is 7. The molecule has 21 heavy (non-hydrogen) atoms. The molecule has 112 valence electrons. The molecule has 1 N–H and O–H groups in total. The Morgan fingerprint density at radius 2 is 2.10 bits per heavy atom. The SMILES string of the molecule is COC(CNC(=O)COc1ccccc1C)c1ccco1. The number of aryl methyl sites for hydroxylation is 1. The van der Waals surface area contributed by atoms with Gasteiger partial charge < -0.3 is 19.2 Å². The van der Waals surface area contributed by atoms with Crippen LogP contribution in [0.5, 0.6) is 5.75 Å². The van der Waals surface area contributed by atoms with Crippen LogP contribution < -0.4 is 10.1 Å². The van der Waals surface area contributed by atoms with Crippen molar-refractivity contribution < 1.29 is 18.7 Å². The minimum Gasteiger partial charge on any atom is -0.484 e. The molecule has 0 radical (unpaired) electrons. The van der Waals surface area contributed by atoms with E-state index in [0.717, 1.165) is 5.56 Å². The average molecular weight is 289 g/mol. The first-order chi connectivity index (χ1) is 10.2. The maximum Gasteiger partial charge on any atom is 0.258 e. The molecule has 1 aromatic carbocycles. The number of ether oxygens (including phenoxy) is 2. The van der Waals surface area contributed by atoms with Crippen LogP contribution in [0.15, 0.2) is 47.1 Å². The molecule has 1 aromatic heterocycles. The second-order valence-electron chi connectivity index (χ2n) is 4.60. The molecular weight excluding hydrogens is 270 g/mol. The second kappa shape index (κ2) is 7.50. The number of benzene rings is 1. The monoisotopic (exact) mass is 289 g/mol. The van der Waals surface area contributed by atoms with E-state index in [-0.39, 0.29) is 18.6 Å². The van der Waals surface area contributed by atoms with E-state index in [4.69, 9.17) is 13.9 Å². The normalized spacial score (nSPS) is 11.9. The van der Waals surface area contributed by atoms with Crippen LogP contribution >= 0.6 is 0 Å². The molecule has 0 fully saturated rings. The number of carbonyl (C=O) groups excluding carboxylic acids is 1. The van der Waals surface area contributed by atoms with Crippen LogP contribution in [-0.4, -0.2) is 26.2 Å². The third-order valence-corrected chi connectivity index (χ3v) is 3.08. The van der Waals surface area contributed by atoms with Gasteiger partial charge in [0.05, 0.1) is 12.8 Å². The van der Waals surface area contributed by atoms with Gasteiger partial charge in [-0.3, -0.25) is 4.79 Å². The Hall–Kier alpha value is -2.27. The zero-order valence-corrected chi connectivity index (χ0v) is 12.2. The van der Waals surface area contributed by atoms with Crippen LogP contribution in [0.1, 0.15) is 17.4 Å². The highest BCUT2D eigenvalue weighted by molar-refractivity contribution is 5.77. The van der Waals surface area contributed by atoms with E-state index >= 15 is 0 Å². The summed E-state index contributed by atoms with van der Waals surface area (Å²) in [6.45, 7) is 2.24. The van der Waals surface area contributed by atoms with Gasteiger partial charge in [-0.2, -0.15) is 0 Å². The van der Waals surface area contributed by atoms with Crippen molar-refractivity contribution in [1.82, 2.24) is 5.32 Å². The Labute approximate surface area is 123 Å². The third kappa shape index (κ3) is 4.36. The molecule has 2 aromatic rings. The maximum atomic E-state index is 11.8. The summed E-state index contributed by atoms with van der Waals surface area (Å²) in [4.78, 5) is 11.8. The predicted molar refractivity (Wildman–Crippen MR) is 78.1 cm³/mol. The predicted octanol–water partition coefficient (Wildman–Crippen LogP) is 2.47. The number of carbonyl (C=O) groups is 1. The molecule has 0 aliphatic carbocycles. The van der Waals surface area contributed by atoms with Crippen LogP contribution in [-0.2, 0) is 9.53 Å². The van der Waals surface area contributed by atoms with Crippen LogP contribution in [0.3, 0.4) is 0 Å². The fourth-order valence-corrected chi connectivity index (χ4v) is 1.89. The fourth-order valence-electron chi connectivity index (χ4n) is 1.89. The average Bonchev–Trinajstić information content (AvgIpc) is 3.01. The fraction of sp³-hybridized carbons (Fsp3) is 0.312. The summed E-state index contributed by atoms with van der Waals surface area (Å²) in [6, 6.07) is 11.2. The van der Waals surface area contributed by atoms with Crippen molar-refractivity contribution >= 4 is 5.91 Å². The Kier molecular flexibility index (Phi) is 5.40. The summed E-state index contributed by atoms with van der Waals surface area (Å²) < 4.78 is 16.0. The molecule has 0 aliphatic heterocycles. The Morgan fingerprint density at radius 1 is 1.29 bits per heavy atom. The van der Waals surface area contributed by atoms with Crippen molar-refractivity contribution in [3.8, 4) is 5.75 Å². The van der Waals surface area contributed by atoms with Gasteiger partial charge in [0.15, 0.2) is 6.61 Å². The van der Waals surface area contributed by atoms with Crippen LogP contribution in [0.2, 0.25) is 0 Å². The molecule has 0 saturated carbocycles. The van der Waals surface area contributed by atoms with Gasteiger partial charge in [-0.15, -0.1) is 0 Å². The zero-order chi connectivity index (χ0) is 15.1. The lowest BCUT2D eigenvalue weighted by molar-refractivity contribution is -0.123. The van der Waals surface area contributed by atoms with Gasteiger partial charge in [0.25, 0.3) is 5.91 Å². The number of hydrogen-bond acceptors (Lipinski definition) is 4. The summed E-state index contributed by atoms with van der Waals surface area (Å²) in [5, 5.41) is 2.76. The van der Waals surface area contributed by atoms with Crippen molar-refractivity contribution in [2.75, 3.05) is 20.3 Å². The summed E-state index contributed by atoms with van der Waals surface area (Å²) in [7, 11) is 1.57. The number of para-hydroxylation sites is 1. The van der Waals surface area contributed by atoms with Gasteiger partial charge in [-0.25, -0.2) is 0 Å². The minimum absolute atomic E-state index is 0.0283. The standard InChI is InChI=1S/C16H19NO4/c1-12-6-3-4-7-13(12)21-11-16(18)17-10-15(19-2)14-8-5-9-20-14/h3-9,15H,10-11H2,1-2H3,(H,17,18). The molecule has 2 rings (SSSR count). The van der Waals surface area contributed by atoms with Crippen molar-refractivity contribution in [2.45, 2.75) is 13.0 Å². The van der Waals surface area contributed by atoms with E-state index in [2.05, 4.69) is 5.32 Å². The molecule has 0 aliphatic rings. The third-order valence-electron chi connectivity index (χ3n) is 3.08. The molecule has 1 atom stereocenters. The smallest absolute Gasteiger partial charge is 0.258 e. The summed E-state index contributed by atoms with van der Waals surface area (Å²) in [6.07, 6.45) is 1.27. The highest BCUT2D eigenvalue weighted by Gasteiger charge is 2.14. The zero-order valence-electron chi connectivity index (χ0n) is 12.2. The van der Waals surface area contributed by atoms with E-state index in [0.29, 0.717) is 18.1 Å². The van der Waals surface area contributed by atoms with Crippen LogP contribution in [0.25, 0.3) is 0 Å². The van der Waals surface area contributed by atoms with Gasteiger partial charge in [-0.1, -0.05) is 18.2 Å². The highest BCUT2D eigenvalue weighted by atomic mass is 16.5. The van der Waals surface area contributed by atoms with Crippen molar-refractivity contribution in [2.24, 2.45) is 0 Å². The van der Waals surface area contributed by atoms with E-state index in [1.54, 1.807) is 19.4 Å². The molecule has 0 saturated heterocycles. The van der Waals surface area contributed by atoms with Crippen LogP contribution in [0, 0.1) is 6.92 Å². The van der Waals surface area contributed by atoms with Crippen LogP contribution in [0.4, 0.5) is 0 Å². The van der Waals surface area contributed by atoms with Gasteiger partial charge in [0.1, 0.15) is 17.6 Å². The molecule has 1 heterocycles. The lowest BCUT2D eigenvalue weighted by atomic mass is 10.2. The summed E-state index contributed by atoms with van der Waals surface area (Å²) >= 11 is 0. The molecule has 5 heteroatoms. The summed E-state index contributed by atoms with van der Waals surface area (Å²) in [5.41, 5.74) is 0.996. The molecule has 0 spiro atoms. The number of nitrogens with one attached hydrogen (secondary N) is 1. The lowest BCUT2D eigenvalue weighted by Crippen LogP contribution is -2.33.